The molecule has 0 radical (unpaired) electrons. The van der Waals surface area contributed by atoms with Crippen LogP contribution in [0.1, 0.15) is 215 Å². The molecule has 1 unspecified atom stereocenters. The SMILES string of the molecule is CC(C)CCCC(C)[C@H]1CC[C@H]2[C@@H]3CC=C4C[C@@H](O)CC[C@]4(C)[C@H]3CC[C@]12C.CCCCCCCC/C=C\CCCCCCCCC. The van der Waals surface area contributed by atoms with Crippen molar-refractivity contribution in [2.75, 3.05) is 0 Å². The molecule has 1 nitrogen and oxygen atoms in total. The first-order valence-electron chi connectivity index (χ1n) is 21.7. The monoisotopic (exact) mass is 653 g/mol. The third kappa shape index (κ3) is 12.3. The van der Waals surface area contributed by atoms with Gasteiger partial charge in [0.05, 0.1) is 6.10 Å². The predicted molar refractivity (Wildman–Crippen MR) is 209 cm³/mol. The average molecular weight is 653 g/mol. The van der Waals surface area contributed by atoms with Gasteiger partial charge in [0, 0.05) is 0 Å². The molecule has 3 saturated carbocycles. The lowest BCUT2D eigenvalue weighted by Gasteiger charge is -2.58. The maximum atomic E-state index is 10.2. The van der Waals surface area contributed by atoms with Crippen LogP contribution >= 0.6 is 0 Å². The molecule has 0 bridgehead atoms. The summed E-state index contributed by atoms with van der Waals surface area (Å²) in [7, 11) is 0. The van der Waals surface area contributed by atoms with E-state index in [2.05, 4.69) is 66.7 Å². The van der Waals surface area contributed by atoms with Crippen LogP contribution in [-0.4, -0.2) is 11.2 Å². The van der Waals surface area contributed by atoms with E-state index in [9.17, 15) is 5.11 Å². The van der Waals surface area contributed by atoms with Gasteiger partial charge < -0.3 is 5.11 Å². The summed E-state index contributed by atoms with van der Waals surface area (Å²) in [6.07, 6.45) is 43.1. The van der Waals surface area contributed by atoms with Crippen LogP contribution in [0.25, 0.3) is 0 Å². The van der Waals surface area contributed by atoms with Crippen molar-refractivity contribution in [1.29, 1.82) is 0 Å². The van der Waals surface area contributed by atoms with Crippen molar-refractivity contribution in [2.45, 2.75) is 222 Å². The summed E-state index contributed by atoms with van der Waals surface area (Å²) in [6.45, 7) is 17.1. The van der Waals surface area contributed by atoms with E-state index in [4.69, 9.17) is 0 Å². The van der Waals surface area contributed by atoms with E-state index >= 15 is 0 Å². The van der Waals surface area contributed by atoms with Crippen LogP contribution in [0.4, 0.5) is 0 Å². The number of rotatable bonds is 20. The zero-order valence-corrected chi connectivity index (χ0v) is 33.1. The number of hydrogen-bond donors (Lipinski definition) is 1. The number of fused-ring (bicyclic) bond motifs is 5. The van der Waals surface area contributed by atoms with Crippen molar-refractivity contribution in [3.8, 4) is 0 Å². The van der Waals surface area contributed by atoms with Gasteiger partial charge >= 0.3 is 0 Å². The Kier molecular flexibility index (Phi) is 18.8. The summed E-state index contributed by atoms with van der Waals surface area (Å²) in [6, 6.07) is 0. The smallest absolute Gasteiger partial charge is 0.0577 e. The Morgan fingerprint density at radius 3 is 1.89 bits per heavy atom. The van der Waals surface area contributed by atoms with E-state index in [0.29, 0.717) is 10.8 Å². The largest absolute Gasteiger partial charge is 0.393 e. The third-order valence-corrected chi connectivity index (χ3v) is 14.1. The van der Waals surface area contributed by atoms with Gasteiger partial charge in [0.1, 0.15) is 0 Å². The fourth-order valence-electron chi connectivity index (χ4n) is 11.2. The summed E-state index contributed by atoms with van der Waals surface area (Å²) in [5.74, 6) is 5.46. The standard InChI is InChI=1S/C27H46O.C19H38/c1-18(2)7-6-8-19(3)23-11-12-24-22-10-9-20-17-21(28)13-15-26(20,4)25(22)14-16-27(23,24)5;1-3-5-7-9-11-13-15-17-19-18-16-14-12-10-8-6-4-2/h9,18-19,21-25,28H,6-8,10-17H2,1-5H3;17,19H,3-16,18H2,1-2H3/b;19-17-/t19?,21-,22-,23+,24-,25-,26-,27+;/m0./s1. The van der Waals surface area contributed by atoms with E-state index in [1.54, 1.807) is 5.57 Å². The van der Waals surface area contributed by atoms with Crippen molar-refractivity contribution in [3.05, 3.63) is 23.8 Å². The van der Waals surface area contributed by atoms with E-state index in [1.807, 2.05) is 0 Å². The highest BCUT2D eigenvalue weighted by Crippen LogP contribution is 2.67. The number of hydrogen-bond acceptors (Lipinski definition) is 1. The molecule has 47 heavy (non-hydrogen) atoms. The Balaban J connectivity index is 0.000000279. The molecule has 0 aromatic heterocycles. The molecular weight excluding hydrogens is 569 g/mol. The summed E-state index contributed by atoms with van der Waals surface area (Å²) in [5, 5.41) is 10.2. The highest BCUT2D eigenvalue weighted by atomic mass is 16.3. The molecular formula is C46H84O. The number of aliphatic hydroxyl groups is 1. The van der Waals surface area contributed by atoms with Crippen LogP contribution in [0.5, 0.6) is 0 Å². The molecule has 4 rings (SSSR count). The highest BCUT2D eigenvalue weighted by molar-refractivity contribution is 5.25. The lowest BCUT2D eigenvalue weighted by Crippen LogP contribution is -2.50. The first-order chi connectivity index (χ1) is 22.7. The van der Waals surface area contributed by atoms with Gasteiger partial charge in [-0.1, -0.05) is 162 Å². The molecule has 0 heterocycles. The van der Waals surface area contributed by atoms with Crippen LogP contribution in [0.3, 0.4) is 0 Å². The van der Waals surface area contributed by atoms with E-state index < -0.39 is 0 Å². The third-order valence-electron chi connectivity index (χ3n) is 14.1. The molecule has 4 aliphatic carbocycles. The van der Waals surface area contributed by atoms with Gasteiger partial charge in [0.15, 0.2) is 0 Å². The van der Waals surface area contributed by atoms with Gasteiger partial charge in [-0.2, -0.15) is 0 Å². The molecule has 0 aromatic carbocycles. The minimum absolute atomic E-state index is 0.0766. The van der Waals surface area contributed by atoms with Crippen LogP contribution in [0, 0.1) is 46.3 Å². The number of aliphatic hydroxyl groups excluding tert-OH is 1. The maximum Gasteiger partial charge on any atom is 0.0577 e. The molecule has 0 amide bonds. The second-order valence-electron chi connectivity index (χ2n) is 18.1. The zero-order chi connectivity index (χ0) is 34.1. The van der Waals surface area contributed by atoms with Crippen molar-refractivity contribution < 1.29 is 5.11 Å². The fraction of sp³-hybridized carbons (Fsp3) is 0.913. The van der Waals surface area contributed by atoms with Gasteiger partial charge in [-0.05, 0) is 123 Å². The maximum absolute atomic E-state index is 10.2. The van der Waals surface area contributed by atoms with Crippen molar-refractivity contribution in [2.24, 2.45) is 46.3 Å². The molecule has 3 fully saturated rings. The summed E-state index contributed by atoms with van der Waals surface area (Å²) < 4.78 is 0. The molecule has 4 aliphatic rings. The Bertz CT molecular complexity index is 883. The van der Waals surface area contributed by atoms with Crippen molar-refractivity contribution in [1.82, 2.24) is 0 Å². The predicted octanol–water partition coefficient (Wildman–Crippen LogP) is 14.8. The molecule has 0 saturated heterocycles. The normalized spacial score (nSPS) is 32.4. The van der Waals surface area contributed by atoms with Gasteiger partial charge in [-0.3, -0.25) is 0 Å². The second-order valence-corrected chi connectivity index (χ2v) is 18.1. The van der Waals surface area contributed by atoms with Crippen LogP contribution < -0.4 is 0 Å². The topological polar surface area (TPSA) is 20.2 Å². The van der Waals surface area contributed by atoms with Crippen molar-refractivity contribution in [3.63, 3.8) is 0 Å². The lowest BCUT2D eigenvalue weighted by molar-refractivity contribution is -0.0573. The fourth-order valence-corrected chi connectivity index (χ4v) is 11.2. The van der Waals surface area contributed by atoms with Gasteiger partial charge in [-0.25, -0.2) is 0 Å². The van der Waals surface area contributed by atoms with E-state index in [1.165, 1.54) is 154 Å². The second kappa shape index (κ2) is 21.6. The molecule has 1 heteroatoms. The quantitative estimate of drug-likeness (QED) is 0.102. The minimum atomic E-state index is -0.0766. The van der Waals surface area contributed by atoms with Crippen LogP contribution in [0.2, 0.25) is 0 Å². The average Bonchev–Trinajstić information content (AvgIpc) is 3.41. The van der Waals surface area contributed by atoms with Crippen molar-refractivity contribution >= 4 is 0 Å². The lowest BCUT2D eigenvalue weighted by atomic mass is 9.47. The molecule has 0 aromatic rings. The van der Waals surface area contributed by atoms with E-state index in [-0.39, 0.29) is 6.10 Å². The Hall–Kier alpha value is -0.560. The first kappa shape index (κ1) is 40.9. The van der Waals surface area contributed by atoms with Crippen LogP contribution in [-0.2, 0) is 0 Å². The minimum Gasteiger partial charge on any atom is -0.393 e. The van der Waals surface area contributed by atoms with Crippen LogP contribution in [0.15, 0.2) is 23.8 Å². The summed E-state index contributed by atoms with van der Waals surface area (Å²) in [4.78, 5) is 0. The Labute approximate surface area is 296 Å². The summed E-state index contributed by atoms with van der Waals surface area (Å²) in [5.41, 5.74) is 2.60. The van der Waals surface area contributed by atoms with Gasteiger partial charge in [-0.15, -0.1) is 0 Å². The molecule has 1 N–H and O–H groups in total. The Morgan fingerprint density at radius 2 is 1.30 bits per heavy atom. The van der Waals surface area contributed by atoms with Gasteiger partial charge in [0.25, 0.3) is 0 Å². The van der Waals surface area contributed by atoms with E-state index in [0.717, 1.165) is 48.3 Å². The summed E-state index contributed by atoms with van der Waals surface area (Å²) >= 11 is 0. The number of unbranched alkanes of at least 4 members (excludes halogenated alkanes) is 13. The highest BCUT2D eigenvalue weighted by Gasteiger charge is 2.59. The molecule has 0 aliphatic heterocycles. The number of allylic oxidation sites excluding steroid dienone is 3. The molecule has 8 atom stereocenters. The Morgan fingerprint density at radius 1 is 0.702 bits per heavy atom. The molecule has 274 valence electrons. The zero-order valence-electron chi connectivity index (χ0n) is 33.1. The van der Waals surface area contributed by atoms with Gasteiger partial charge in [0.2, 0.25) is 0 Å². The first-order valence-corrected chi connectivity index (χ1v) is 21.7. The molecule has 0 spiro atoms.